The third kappa shape index (κ3) is 4.96. The lowest BCUT2D eigenvalue weighted by molar-refractivity contribution is 0.0505. The molecule has 0 amide bonds. The van der Waals surface area contributed by atoms with Gasteiger partial charge in [-0.25, -0.2) is 13.2 Å². The van der Waals surface area contributed by atoms with Crippen LogP contribution in [0.2, 0.25) is 0 Å². The van der Waals surface area contributed by atoms with E-state index < -0.39 is 16.0 Å². The van der Waals surface area contributed by atoms with Crippen LogP contribution in [0, 0.1) is 0 Å². The highest BCUT2D eigenvalue weighted by Crippen LogP contribution is 2.29. The number of carbonyl (C=O) groups is 1. The molecule has 0 unspecified atom stereocenters. The molecule has 0 aliphatic heterocycles. The van der Waals surface area contributed by atoms with Gasteiger partial charge in [0, 0.05) is 10.2 Å². The molecule has 6 nitrogen and oxygen atoms in total. The fourth-order valence-electron chi connectivity index (χ4n) is 2.02. The first-order valence-electron chi connectivity index (χ1n) is 7.51. The van der Waals surface area contributed by atoms with Crippen molar-refractivity contribution in [2.24, 2.45) is 0 Å². The Morgan fingerprint density at radius 3 is 2.44 bits per heavy atom. The van der Waals surface area contributed by atoms with Gasteiger partial charge in [0.05, 0.1) is 19.3 Å². The van der Waals surface area contributed by atoms with E-state index in [1.54, 1.807) is 12.1 Å². The van der Waals surface area contributed by atoms with Gasteiger partial charge in [0.15, 0.2) is 0 Å². The molecular weight excluding hydrogens is 410 g/mol. The molecule has 2 rings (SSSR count). The first kappa shape index (κ1) is 19.3. The summed E-state index contributed by atoms with van der Waals surface area (Å²) in [5, 5.41) is 0. The first-order valence-corrected chi connectivity index (χ1v) is 9.78. The molecule has 2 aromatic carbocycles. The molecule has 25 heavy (non-hydrogen) atoms. The lowest BCUT2D eigenvalue weighted by Gasteiger charge is -2.12. The predicted octanol–water partition coefficient (Wildman–Crippen LogP) is 3.83. The van der Waals surface area contributed by atoms with Crippen molar-refractivity contribution in [1.82, 2.24) is 0 Å². The van der Waals surface area contributed by atoms with Gasteiger partial charge in [-0.2, -0.15) is 0 Å². The van der Waals surface area contributed by atoms with E-state index in [0.29, 0.717) is 22.3 Å². The second kappa shape index (κ2) is 8.35. The van der Waals surface area contributed by atoms with Crippen LogP contribution >= 0.6 is 15.9 Å². The van der Waals surface area contributed by atoms with Gasteiger partial charge in [0.2, 0.25) is 0 Å². The Labute approximate surface area is 155 Å². The second-order valence-corrected chi connectivity index (χ2v) is 7.68. The quantitative estimate of drug-likeness (QED) is 0.678. The molecule has 0 heterocycles. The Kier molecular flexibility index (Phi) is 6.44. The van der Waals surface area contributed by atoms with Crippen molar-refractivity contribution in [3.63, 3.8) is 0 Å². The van der Waals surface area contributed by atoms with Crippen molar-refractivity contribution in [2.75, 3.05) is 18.4 Å². The van der Waals surface area contributed by atoms with E-state index in [9.17, 15) is 13.2 Å². The van der Waals surface area contributed by atoms with Crippen LogP contribution in [0.4, 0.5) is 5.69 Å². The molecule has 0 aliphatic carbocycles. The molecule has 0 aromatic heterocycles. The zero-order valence-electron chi connectivity index (χ0n) is 13.8. The van der Waals surface area contributed by atoms with Gasteiger partial charge in [-0.1, -0.05) is 22.9 Å². The zero-order chi connectivity index (χ0) is 18.4. The standard InChI is InChI=1S/C17H18BrNO5S/c1-3-10-24-17(20)12-4-7-14(8-5-12)19-25(21,22)16-11-13(18)6-9-15(16)23-2/h4-9,11,19H,3,10H2,1-2H3. The molecule has 0 saturated heterocycles. The average Bonchev–Trinajstić information content (AvgIpc) is 2.60. The van der Waals surface area contributed by atoms with E-state index >= 15 is 0 Å². The number of carbonyl (C=O) groups excluding carboxylic acids is 1. The van der Waals surface area contributed by atoms with Gasteiger partial charge in [-0.05, 0) is 48.9 Å². The number of ether oxygens (including phenoxy) is 2. The highest BCUT2D eigenvalue weighted by molar-refractivity contribution is 9.10. The molecule has 0 atom stereocenters. The number of methoxy groups -OCH3 is 1. The van der Waals surface area contributed by atoms with Crippen molar-refractivity contribution in [2.45, 2.75) is 18.2 Å². The Morgan fingerprint density at radius 1 is 1.16 bits per heavy atom. The Bertz CT molecular complexity index is 850. The molecule has 0 aliphatic rings. The summed E-state index contributed by atoms with van der Waals surface area (Å²) in [6.07, 6.45) is 0.734. The Hall–Kier alpha value is -2.06. The third-order valence-corrected chi connectivity index (χ3v) is 5.12. The van der Waals surface area contributed by atoms with Crippen LogP contribution in [0.25, 0.3) is 0 Å². The summed E-state index contributed by atoms with van der Waals surface area (Å²) in [5.41, 5.74) is 0.686. The van der Waals surface area contributed by atoms with Gasteiger partial charge in [0.25, 0.3) is 10.0 Å². The molecule has 8 heteroatoms. The number of esters is 1. The summed E-state index contributed by atoms with van der Waals surface area (Å²) >= 11 is 3.25. The van der Waals surface area contributed by atoms with E-state index in [4.69, 9.17) is 9.47 Å². The van der Waals surface area contributed by atoms with Crippen LogP contribution < -0.4 is 9.46 Å². The summed E-state index contributed by atoms with van der Waals surface area (Å²) in [6.45, 7) is 2.25. The van der Waals surface area contributed by atoms with Gasteiger partial charge >= 0.3 is 5.97 Å². The third-order valence-electron chi connectivity index (χ3n) is 3.23. The molecule has 2 aromatic rings. The summed E-state index contributed by atoms with van der Waals surface area (Å²) < 4.78 is 38.4. The maximum Gasteiger partial charge on any atom is 0.338 e. The number of hydrogen-bond acceptors (Lipinski definition) is 5. The molecule has 0 saturated carbocycles. The van der Waals surface area contributed by atoms with Crippen LogP contribution in [-0.4, -0.2) is 28.1 Å². The number of nitrogens with one attached hydrogen (secondary N) is 1. The molecule has 0 fully saturated rings. The first-order chi connectivity index (χ1) is 11.9. The maximum absolute atomic E-state index is 12.6. The lowest BCUT2D eigenvalue weighted by Crippen LogP contribution is -2.14. The smallest absolute Gasteiger partial charge is 0.338 e. The highest BCUT2D eigenvalue weighted by atomic mass is 79.9. The highest BCUT2D eigenvalue weighted by Gasteiger charge is 2.20. The second-order valence-electron chi connectivity index (χ2n) is 5.11. The summed E-state index contributed by atoms with van der Waals surface area (Å²) in [6, 6.07) is 10.7. The van der Waals surface area contributed by atoms with Crippen LogP contribution in [0.15, 0.2) is 51.8 Å². The number of halogens is 1. The summed E-state index contributed by atoms with van der Waals surface area (Å²) in [4.78, 5) is 11.8. The molecule has 1 N–H and O–H groups in total. The van der Waals surface area contributed by atoms with Gasteiger partial charge < -0.3 is 9.47 Å². The lowest BCUT2D eigenvalue weighted by atomic mass is 10.2. The van der Waals surface area contributed by atoms with Crippen molar-refractivity contribution in [1.29, 1.82) is 0 Å². The fraction of sp³-hybridized carbons (Fsp3) is 0.235. The minimum absolute atomic E-state index is 0.0100. The topological polar surface area (TPSA) is 81.7 Å². The molecule has 0 spiro atoms. The fourth-order valence-corrected chi connectivity index (χ4v) is 3.79. The number of hydrogen-bond donors (Lipinski definition) is 1. The van der Waals surface area contributed by atoms with Crippen LogP contribution in [-0.2, 0) is 14.8 Å². The Balaban J connectivity index is 2.21. The summed E-state index contributed by atoms with van der Waals surface area (Å²) in [7, 11) is -2.45. The molecular formula is C17H18BrNO5S. The predicted molar refractivity (Wildman–Crippen MR) is 98.5 cm³/mol. The van der Waals surface area contributed by atoms with Crippen molar-refractivity contribution in [3.05, 3.63) is 52.5 Å². The number of sulfonamides is 1. The largest absolute Gasteiger partial charge is 0.495 e. The average molecular weight is 428 g/mol. The van der Waals surface area contributed by atoms with E-state index in [1.165, 1.54) is 37.4 Å². The van der Waals surface area contributed by atoms with Crippen LogP contribution in [0.3, 0.4) is 0 Å². The van der Waals surface area contributed by atoms with Crippen molar-refractivity contribution >= 4 is 37.6 Å². The molecule has 0 radical (unpaired) electrons. The monoisotopic (exact) mass is 427 g/mol. The van der Waals surface area contributed by atoms with Gasteiger partial charge in [0.1, 0.15) is 10.6 Å². The van der Waals surface area contributed by atoms with E-state index in [-0.39, 0.29) is 10.6 Å². The van der Waals surface area contributed by atoms with E-state index in [1.807, 2.05) is 6.92 Å². The minimum atomic E-state index is -3.85. The maximum atomic E-state index is 12.6. The van der Waals surface area contributed by atoms with Gasteiger partial charge in [-0.15, -0.1) is 0 Å². The van der Waals surface area contributed by atoms with E-state index in [2.05, 4.69) is 20.7 Å². The zero-order valence-corrected chi connectivity index (χ0v) is 16.2. The normalized spacial score (nSPS) is 11.0. The minimum Gasteiger partial charge on any atom is -0.495 e. The SMILES string of the molecule is CCCOC(=O)c1ccc(NS(=O)(=O)c2cc(Br)ccc2OC)cc1. The van der Waals surface area contributed by atoms with Crippen LogP contribution in [0.1, 0.15) is 23.7 Å². The number of anilines is 1. The Morgan fingerprint density at radius 2 is 1.84 bits per heavy atom. The van der Waals surface area contributed by atoms with Crippen molar-refractivity contribution in [3.8, 4) is 5.75 Å². The van der Waals surface area contributed by atoms with Gasteiger partial charge in [-0.3, -0.25) is 4.72 Å². The van der Waals surface area contributed by atoms with Crippen LogP contribution in [0.5, 0.6) is 5.75 Å². The number of rotatable bonds is 7. The molecule has 134 valence electrons. The summed E-state index contributed by atoms with van der Waals surface area (Å²) in [5.74, 6) is -0.208. The van der Waals surface area contributed by atoms with Crippen molar-refractivity contribution < 1.29 is 22.7 Å². The van der Waals surface area contributed by atoms with E-state index in [0.717, 1.165) is 6.42 Å². The number of benzene rings is 2. The molecule has 0 bridgehead atoms.